The first-order chi connectivity index (χ1) is 15.6. The van der Waals surface area contributed by atoms with Gasteiger partial charge in [0.15, 0.2) is 5.69 Å². The van der Waals surface area contributed by atoms with Gasteiger partial charge in [-0.05, 0) is 48.9 Å². The molecule has 158 valence electrons. The van der Waals surface area contributed by atoms with Crippen molar-refractivity contribution in [3.8, 4) is 5.69 Å². The van der Waals surface area contributed by atoms with Crippen molar-refractivity contribution in [2.45, 2.75) is 13.5 Å². The van der Waals surface area contributed by atoms with Crippen LogP contribution in [0.2, 0.25) is 0 Å². The Morgan fingerprint density at radius 2 is 1.97 bits per heavy atom. The van der Waals surface area contributed by atoms with Crippen molar-refractivity contribution in [2.75, 3.05) is 5.32 Å². The van der Waals surface area contributed by atoms with Crippen LogP contribution in [0.1, 0.15) is 21.7 Å². The summed E-state index contributed by atoms with van der Waals surface area (Å²) in [5.74, 6) is -0.222. The summed E-state index contributed by atoms with van der Waals surface area (Å²) < 4.78 is 4.28. The normalized spacial score (nSPS) is 11.1. The van der Waals surface area contributed by atoms with E-state index in [0.717, 1.165) is 26.6 Å². The van der Waals surface area contributed by atoms with Crippen LogP contribution in [0.3, 0.4) is 0 Å². The Balaban J connectivity index is 1.36. The summed E-state index contributed by atoms with van der Waals surface area (Å²) in [4.78, 5) is 21.4. The maximum absolute atomic E-state index is 12.8. The van der Waals surface area contributed by atoms with Crippen molar-refractivity contribution >= 4 is 38.7 Å². The highest BCUT2D eigenvalue weighted by molar-refractivity contribution is 9.10. The predicted molar refractivity (Wildman–Crippen MR) is 123 cm³/mol. The molecule has 0 aliphatic heterocycles. The minimum absolute atomic E-state index is 0.202. The lowest BCUT2D eigenvalue weighted by Gasteiger charge is -2.07. The molecule has 0 aliphatic carbocycles. The number of aromatic nitrogens is 7. The number of nitrogens with one attached hydrogen (secondary N) is 1. The largest absolute Gasteiger partial charge is 0.288 e. The summed E-state index contributed by atoms with van der Waals surface area (Å²) in [6.07, 6.45) is 3.31. The number of carbonyl (C=O) groups excluding carboxylic acids is 1. The van der Waals surface area contributed by atoms with E-state index >= 15 is 0 Å². The molecule has 0 fully saturated rings. The minimum Gasteiger partial charge on any atom is -0.288 e. The van der Waals surface area contributed by atoms with Crippen molar-refractivity contribution in [1.29, 1.82) is 0 Å². The van der Waals surface area contributed by atoms with Gasteiger partial charge in [0.2, 0.25) is 5.95 Å². The first kappa shape index (κ1) is 20.0. The molecule has 32 heavy (non-hydrogen) atoms. The van der Waals surface area contributed by atoms with Crippen LogP contribution in [0.15, 0.2) is 71.6 Å². The van der Waals surface area contributed by atoms with Gasteiger partial charge in [-0.25, -0.2) is 14.3 Å². The molecule has 5 rings (SSSR count). The van der Waals surface area contributed by atoms with Crippen LogP contribution in [0.5, 0.6) is 0 Å². The number of hydrogen-bond donors (Lipinski definition) is 1. The van der Waals surface area contributed by atoms with Crippen LogP contribution < -0.4 is 5.32 Å². The molecule has 5 aromatic rings. The van der Waals surface area contributed by atoms with Crippen LogP contribution in [-0.4, -0.2) is 40.6 Å². The van der Waals surface area contributed by atoms with Crippen LogP contribution >= 0.6 is 15.9 Å². The Hall–Kier alpha value is -3.92. The molecule has 1 amide bonds. The Bertz CT molecular complexity index is 1440. The number of halogens is 1. The number of benzene rings is 2. The number of carbonyl (C=O) groups is 1. The van der Waals surface area contributed by atoms with Crippen molar-refractivity contribution in [2.24, 2.45) is 0 Å². The zero-order valence-electron chi connectivity index (χ0n) is 17.0. The van der Waals surface area contributed by atoms with E-state index in [-0.39, 0.29) is 11.6 Å². The molecule has 0 spiro atoms. The van der Waals surface area contributed by atoms with Gasteiger partial charge in [-0.15, -0.1) is 10.2 Å². The summed E-state index contributed by atoms with van der Waals surface area (Å²) in [5, 5.41) is 16.2. The first-order valence-electron chi connectivity index (χ1n) is 9.80. The number of amides is 1. The zero-order chi connectivity index (χ0) is 22.1. The van der Waals surface area contributed by atoms with Gasteiger partial charge in [0, 0.05) is 16.1 Å². The summed E-state index contributed by atoms with van der Waals surface area (Å²) in [7, 11) is 0. The molecule has 0 bridgehead atoms. The second kappa shape index (κ2) is 8.31. The van der Waals surface area contributed by atoms with E-state index in [1.807, 2.05) is 54.6 Å². The molecule has 0 saturated carbocycles. The Labute approximate surface area is 191 Å². The predicted octanol–water partition coefficient (Wildman–Crippen LogP) is 3.78. The van der Waals surface area contributed by atoms with Gasteiger partial charge in [-0.3, -0.25) is 15.1 Å². The molecule has 3 aromatic heterocycles. The summed E-state index contributed by atoms with van der Waals surface area (Å²) in [5.41, 5.74) is 3.51. The van der Waals surface area contributed by atoms with E-state index in [1.165, 1.54) is 0 Å². The van der Waals surface area contributed by atoms with Crippen LogP contribution in [0.4, 0.5) is 5.95 Å². The quantitative estimate of drug-likeness (QED) is 0.403. The molecule has 0 atom stereocenters. The van der Waals surface area contributed by atoms with Gasteiger partial charge in [0.25, 0.3) is 5.91 Å². The number of rotatable bonds is 5. The van der Waals surface area contributed by atoms with E-state index in [4.69, 9.17) is 0 Å². The number of nitrogens with zero attached hydrogens (tertiary/aromatic N) is 7. The standard InChI is InChI=1S/C22H17BrN8O/c1-14-20(27-29-31(14)19-9-3-8-18-17(19)7-4-10-24-18)21(32)26-22-25-13-30(28-22)12-15-5-2-6-16(23)11-15/h2-11,13H,12H2,1H3,(H,26,28,32). The molecular formula is C22H17BrN8O. The summed E-state index contributed by atoms with van der Waals surface area (Å²) in [6.45, 7) is 2.33. The number of pyridine rings is 1. The number of anilines is 1. The zero-order valence-corrected chi connectivity index (χ0v) is 18.6. The molecule has 1 N–H and O–H groups in total. The van der Waals surface area contributed by atoms with Gasteiger partial charge < -0.3 is 0 Å². The Kier molecular flexibility index (Phi) is 5.20. The highest BCUT2D eigenvalue weighted by Crippen LogP contribution is 2.22. The molecule has 0 aliphatic rings. The summed E-state index contributed by atoms with van der Waals surface area (Å²) in [6, 6.07) is 17.5. The lowest BCUT2D eigenvalue weighted by Crippen LogP contribution is -2.15. The van der Waals surface area contributed by atoms with Crippen molar-refractivity contribution < 1.29 is 4.79 Å². The molecular weight excluding hydrogens is 472 g/mol. The molecule has 3 heterocycles. The fourth-order valence-corrected chi connectivity index (χ4v) is 3.90. The second-order valence-corrected chi connectivity index (χ2v) is 8.05. The van der Waals surface area contributed by atoms with Crippen molar-refractivity contribution in [3.05, 3.63) is 88.5 Å². The number of hydrogen-bond acceptors (Lipinski definition) is 6. The van der Waals surface area contributed by atoms with E-state index in [0.29, 0.717) is 12.2 Å². The molecule has 2 aromatic carbocycles. The summed E-state index contributed by atoms with van der Waals surface area (Å²) >= 11 is 3.46. The van der Waals surface area contributed by atoms with E-state index in [1.54, 1.807) is 28.8 Å². The average molecular weight is 489 g/mol. The highest BCUT2D eigenvalue weighted by Gasteiger charge is 2.20. The van der Waals surface area contributed by atoms with Crippen molar-refractivity contribution in [1.82, 2.24) is 34.7 Å². The average Bonchev–Trinajstić information content (AvgIpc) is 3.39. The molecule has 9 nitrogen and oxygen atoms in total. The maximum atomic E-state index is 12.8. The highest BCUT2D eigenvalue weighted by atomic mass is 79.9. The smallest absolute Gasteiger partial charge is 0.280 e. The lowest BCUT2D eigenvalue weighted by molar-refractivity contribution is 0.102. The fourth-order valence-electron chi connectivity index (χ4n) is 3.45. The Morgan fingerprint density at radius 3 is 2.84 bits per heavy atom. The third-order valence-electron chi connectivity index (χ3n) is 4.96. The van der Waals surface area contributed by atoms with E-state index in [2.05, 4.69) is 46.6 Å². The van der Waals surface area contributed by atoms with E-state index in [9.17, 15) is 4.79 Å². The molecule has 0 unspecified atom stereocenters. The third kappa shape index (κ3) is 3.87. The van der Waals surface area contributed by atoms with Gasteiger partial charge >= 0.3 is 0 Å². The van der Waals surface area contributed by atoms with E-state index < -0.39 is 5.91 Å². The van der Waals surface area contributed by atoms with Crippen LogP contribution in [0, 0.1) is 6.92 Å². The molecule has 0 radical (unpaired) electrons. The van der Waals surface area contributed by atoms with Gasteiger partial charge in [0.1, 0.15) is 6.33 Å². The van der Waals surface area contributed by atoms with Crippen molar-refractivity contribution in [3.63, 3.8) is 0 Å². The maximum Gasteiger partial charge on any atom is 0.280 e. The molecule has 0 saturated heterocycles. The minimum atomic E-state index is -0.424. The second-order valence-electron chi connectivity index (χ2n) is 7.13. The SMILES string of the molecule is Cc1c(C(=O)Nc2ncn(Cc3cccc(Br)c3)n2)nnn1-c1cccc2ncccc12. The first-order valence-corrected chi connectivity index (χ1v) is 10.6. The number of fused-ring (bicyclic) bond motifs is 1. The topological polar surface area (TPSA) is 103 Å². The van der Waals surface area contributed by atoms with Crippen LogP contribution in [0.25, 0.3) is 16.6 Å². The Morgan fingerprint density at radius 1 is 1.09 bits per heavy atom. The van der Waals surface area contributed by atoms with Gasteiger partial charge in [-0.1, -0.05) is 39.3 Å². The lowest BCUT2D eigenvalue weighted by atomic mass is 10.2. The van der Waals surface area contributed by atoms with Gasteiger partial charge in [0.05, 0.1) is 23.4 Å². The fraction of sp³-hybridized carbons (Fsp3) is 0.0909. The monoisotopic (exact) mass is 488 g/mol. The van der Waals surface area contributed by atoms with Crippen LogP contribution in [-0.2, 0) is 6.54 Å². The van der Waals surface area contributed by atoms with Gasteiger partial charge in [-0.2, -0.15) is 0 Å². The molecule has 10 heteroatoms. The third-order valence-corrected chi connectivity index (χ3v) is 5.45.